The molecule has 0 radical (unpaired) electrons. The van der Waals surface area contributed by atoms with Crippen molar-refractivity contribution in [3.63, 3.8) is 0 Å². The summed E-state index contributed by atoms with van der Waals surface area (Å²) in [4.78, 5) is 11.2. The Morgan fingerprint density at radius 3 is 2.50 bits per heavy atom. The molecule has 1 aromatic rings. The number of amides is 1. The molecule has 1 aliphatic rings. The number of alkyl carbamates (subject to hydrolysis) is 1. The quantitative estimate of drug-likeness (QED) is 0.821. The van der Waals surface area contributed by atoms with E-state index in [-0.39, 0.29) is 6.09 Å². The Kier molecular flexibility index (Phi) is 3.67. The smallest absolute Gasteiger partial charge is 0.407 e. The zero-order valence-corrected chi connectivity index (χ0v) is 9.67. The van der Waals surface area contributed by atoms with Crippen molar-refractivity contribution < 1.29 is 9.53 Å². The summed E-state index contributed by atoms with van der Waals surface area (Å²) < 4.78 is 5.07. The molecule has 0 bridgehead atoms. The second kappa shape index (κ2) is 5.21. The van der Waals surface area contributed by atoms with Gasteiger partial charge in [-0.2, -0.15) is 0 Å². The fourth-order valence-corrected chi connectivity index (χ4v) is 1.49. The molecule has 1 fully saturated rings. The van der Waals surface area contributed by atoms with Crippen LogP contribution in [0.4, 0.5) is 4.79 Å². The van der Waals surface area contributed by atoms with E-state index in [1.807, 2.05) is 24.3 Å². The second-order valence-corrected chi connectivity index (χ2v) is 4.21. The van der Waals surface area contributed by atoms with Crippen LogP contribution in [-0.2, 0) is 17.2 Å². The van der Waals surface area contributed by atoms with Crippen LogP contribution in [0, 0.1) is 0 Å². The third kappa shape index (κ3) is 3.42. The molecule has 0 atom stereocenters. The summed E-state index contributed by atoms with van der Waals surface area (Å²) in [5.74, 6) is 0.503. The van der Waals surface area contributed by atoms with Gasteiger partial charge in [-0.05, 0) is 24.0 Å². The van der Waals surface area contributed by atoms with Crippen LogP contribution in [0.3, 0.4) is 0 Å². The van der Waals surface area contributed by atoms with Crippen LogP contribution in [0.2, 0.25) is 0 Å². The van der Waals surface area contributed by atoms with Gasteiger partial charge in [0.15, 0.2) is 0 Å². The van der Waals surface area contributed by atoms with Gasteiger partial charge >= 0.3 is 6.09 Å². The van der Waals surface area contributed by atoms with Gasteiger partial charge in [-0.3, -0.25) is 0 Å². The van der Waals surface area contributed by atoms with Crippen LogP contribution >= 0.6 is 11.6 Å². The van der Waals surface area contributed by atoms with Crippen molar-refractivity contribution >= 4 is 17.7 Å². The van der Waals surface area contributed by atoms with E-state index in [0.717, 1.165) is 24.0 Å². The molecule has 16 heavy (non-hydrogen) atoms. The van der Waals surface area contributed by atoms with E-state index in [4.69, 9.17) is 16.3 Å². The molecule has 3 nitrogen and oxygen atoms in total. The molecule has 0 aromatic heterocycles. The molecule has 0 spiro atoms. The normalized spacial score (nSPS) is 14.6. The minimum atomic E-state index is -0.330. The lowest BCUT2D eigenvalue weighted by Gasteiger charge is -2.06. The maximum atomic E-state index is 11.2. The number of carbonyl (C=O) groups is 1. The molecule has 1 N–H and O–H groups in total. The van der Waals surface area contributed by atoms with E-state index in [0.29, 0.717) is 18.5 Å². The largest absolute Gasteiger partial charge is 0.445 e. The molecule has 2 rings (SSSR count). The maximum absolute atomic E-state index is 11.2. The fourth-order valence-electron chi connectivity index (χ4n) is 1.31. The first-order valence-electron chi connectivity index (χ1n) is 5.35. The van der Waals surface area contributed by atoms with Crippen molar-refractivity contribution in [3.05, 3.63) is 35.4 Å². The SMILES string of the molecule is O=C(NC1CC1)OCc1ccc(CCl)cc1. The molecule has 1 saturated carbocycles. The van der Waals surface area contributed by atoms with Crippen molar-refractivity contribution in [1.82, 2.24) is 5.32 Å². The molecule has 86 valence electrons. The second-order valence-electron chi connectivity index (χ2n) is 3.94. The lowest BCUT2D eigenvalue weighted by atomic mass is 10.2. The minimum Gasteiger partial charge on any atom is -0.445 e. The van der Waals surface area contributed by atoms with Gasteiger partial charge in [-0.1, -0.05) is 24.3 Å². The number of rotatable bonds is 4. The van der Waals surface area contributed by atoms with Gasteiger partial charge in [-0.25, -0.2) is 4.79 Å². The molecule has 1 aromatic carbocycles. The summed E-state index contributed by atoms with van der Waals surface area (Å²) in [6, 6.07) is 8.05. The Labute approximate surface area is 99.7 Å². The number of benzene rings is 1. The highest BCUT2D eigenvalue weighted by Gasteiger charge is 2.23. The van der Waals surface area contributed by atoms with E-state index in [2.05, 4.69) is 5.32 Å². The maximum Gasteiger partial charge on any atom is 0.407 e. The molecule has 4 heteroatoms. The molecular formula is C12H14ClNO2. The number of ether oxygens (including phenoxy) is 1. The van der Waals surface area contributed by atoms with Crippen molar-refractivity contribution in [3.8, 4) is 0 Å². The van der Waals surface area contributed by atoms with Crippen LogP contribution < -0.4 is 5.32 Å². The van der Waals surface area contributed by atoms with Gasteiger partial charge < -0.3 is 10.1 Å². The standard InChI is InChI=1S/C12H14ClNO2/c13-7-9-1-3-10(4-2-9)8-16-12(15)14-11-5-6-11/h1-4,11H,5-8H2,(H,14,15). The fraction of sp³-hybridized carbons (Fsp3) is 0.417. The number of hydrogen-bond donors (Lipinski definition) is 1. The van der Waals surface area contributed by atoms with Gasteiger partial charge in [0.25, 0.3) is 0 Å². The van der Waals surface area contributed by atoms with Gasteiger partial charge in [0.2, 0.25) is 0 Å². The van der Waals surface area contributed by atoms with Crippen molar-refractivity contribution in [2.24, 2.45) is 0 Å². The summed E-state index contributed by atoms with van der Waals surface area (Å²) in [7, 11) is 0. The van der Waals surface area contributed by atoms with Gasteiger partial charge in [0, 0.05) is 11.9 Å². The lowest BCUT2D eigenvalue weighted by Crippen LogP contribution is -2.25. The summed E-state index contributed by atoms with van der Waals surface area (Å²) >= 11 is 5.68. The van der Waals surface area contributed by atoms with Gasteiger partial charge in [0.05, 0.1) is 0 Å². The monoisotopic (exact) mass is 239 g/mol. The Morgan fingerprint density at radius 1 is 1.31 bits per heavy atom. The van der Waals surface area contributed by atoms with E-state index in [9.17, 15) is 4.79 Å². The zero-order valence-electron chi connectivity index (χ0n) is 8.91. The van der Waals surface area contributed by atoms with Crippen LogP contribution in [0.25, 0.3) is 0 Å². The number of alkyl halides is 1. The summed E-state index contributed by atoms with van der Waals surface area (Å²) in [5, 5.41) is 2.76. The Morgan fingerprint density at radius 2 is 1.94 bits per heavy atom. The lowest BCUT2D eigenvalue weighted by molar-refractivity contribution is 0.139. The summed E-state index contributed by atoms with van der Waals surface area (Å²) in [6.07, 6.45) is 1.81. The molecular weight excluding hydrogens is 226 g/mol. The average Bonchev–Trinajstić information content (AvgIpc) is 3.11. The minimum absolute atomic E-state index is 0.307. The first-order valence-corrected chi connectivity index (χ1v) is 5.88. The van der Waals surface area contributed by atoms with E-state index < -0.39 is 0 Å². The van der Waals surface area contributed by atoms with Gasteiger partial charge in [-0.15, -0.1) is 11.6 Å². The molecule has 1 amide bonds. The zero-order chi connectivity index (χ0) is 11.4. The number of halogens is 1. The molecule has 0 unspecified atom stereocenters. The Hall–Kier alpha value is -1.22. The third-order valence-corrected chi connectivity index (χ3v) is 2.76. The third-order valence-electron chi connectivity index (χ3n) is 2.45. The van der Waals surface area contributed by atoms with Crippen LogP contribution in [0.15, 0.2) is 24.3 Å². The summed E-state index contributed by atoms with van der Waals surface area (Å²) in [6.45, 7) is 0.307. The first kappa shape index (κ1) is 11.3. The van der Waals surface area contributed by atoms with Crippen LogP contribution in [0.1, 0.15) is 24.0 Å². The molecule has 0 heterocycles. The number of carbonyl (C=O) groups excluding carboxylic acids is 1. The number of hydrogen-bond acceptors (Lipinski definition) is 2. The van der Waals surface area contributed by atoms with E-state index >= 15 is 0 Å². The number of nitrogens with one attached hydrogen (secondary N) is 1. The topological polar surface area (TPSA) is 38.3 Å². The first-order chi connectivity index (χ1) is 7.78. The predicted molar refractivity (Wildman–Crippen MR) is 62.3 cm³/mol. The average molecular weight is 240 g/mol. The highest BCUT2D eigenvalue weighted by molar-refractivity contribution is 6.17. The van der Waals surface area contributed by atoms with Crippen LogP contribution in [0.5, 0.6) is 0 Å². The van der Waals surface area contributed by atoms with Crippen LogP contribution in [-0.4, -0.2) is 12.1 Å². The van der Waals surface area contributed by atoms with Crippen molar-refractivity contribution in [1.29, 1.82) is 0 Å². The highest BCUT2D eigenvalue weighted by Crippen LogP contribution is 2.18. The summed E-state index contributed by atoms with van der Waals surface area (Å²) in [5.41, 5.74) is 2.03. The van der Waals surface area contributed by atoms with Gasteiger partial charge in [0.1, 0.15) is 6.61 Å². The van der Waals surface area contributed by atoms with Crippen molar-refractivity contribution in [2.75, 3.05) is 0 Å². The van der Waals surface area contributed by atoms with E-state index in [1.54, 1.807) is 0 Å². The Bertz CT molecular complexity index is 360. The highest BCUT2D eigenvalue weighted by atomic mass is 35.5. The molecule has 0 aliphatic heterocycles. The van der Waals surface area contributed by atoms with E-state index in [1.165, 1.54) is 0 Å². The molecule has 1 aliphatic carbocycles. The predicted octanol–water partition coefficient (Wildman–Crippen LogP) is 2.81. The Balaban J connectivity index is 1.76. The van der Waals surface area contributed by atoms with Crippen molar-refractivity contribution in [2.45, 2.75) is 31.4 Å². The molecule has 0 saturated heterocycles.